The number of rotatable bonds is 1. The summed E-state index contributed by atoms with van der Waals surface area (Å²) in [5.41, 5.74) is -5.70. The topological polar surface area (TPSA) is 134 Å². The van der Waals surface area contributed by atoms with E-state index in [0.29, 0.717) is 5.57 Å². The van der Waals surface area contributed by atoms with E-state index in [1.165, 1.54) is 6.92 Å². The molecule has 0 radical (unpaired) electrons. The van der Waals surface area contributed by atoms with Crippen molar-refractivity contribution in [2.45, 2.75) is 88.5 Å². The molecule has 4 N–H and O–H groups in total. The van der Waals surface area contributed by atoms with Crippen molar-refractivity contribution < 1.29 is 39.5 Å². The van der Waals surface area contributed by atoms with Crippen LogP contribution in [-0.4, -0.2) is 79.8 Å². The molecule has 2 bridgehead atoms. The lowest BCUT2D eigenvalue weighted by atomic mass is 9.45. The van der Waals surface area contributed by atoms with Crippen LogP contribution in [0.1, 0.15) is 47.5 Å². The van der Waals surface area contributed by atoms with Gasteiger partial charge < -0.3 is 29.9 Å². The Bertz CT molecular complexity index is 870. The number of hydrogen-bond acceptors (Lipinski definition) is 8. The van der Waals surface area contributed by atoms with E-state index in [1.54, 1.807) is 27.7 Å². The lowest BCUT2D eigenvalue weighted by molar-refractivity contribution is -0.330. The maximum absolute atomic E-state index is 13.8. The van der Waals surface area contributed by atoms with Gasteiger partial charge in [-0.15, -0.1) is 11.6 Å². The Kier molecular flexibility index (Phi) is 5.03. The first-order valence-electron chi connectivity index (χ1n) is 10.6. The van der Waals surface area contributed by atoms with E-state index >= 15 is 0 Å². The summed E-state index contributed by atoms with van der Waals surface area (Å²) in [5, 5.41) is 44.9. The van der Waals surface area contributed by atoms with E-state index in [1.807, 2.05) is 0 Å². The number of alkyl halides is 1. The van der Waals surface area contributed by atoms with Gasteiger partial charge in [-0.05, 0) is 24.5 Å². The van der Waals surface area contributed by atoms with Crippen LogP contribution in [0.2, 0.25) is 0 Å². The van der Waals surface area contributed by atoms with Crippen LogP contribution in [0.15, 0.2) is 11.1 Å². The van der Waals surface area contributed by atoms with Gasteiger partial charge in [0.25, 0.3) is 0 Å². The Labute approximate surface area is 186 Å². The molecule has 2 saturated carbocycles. The SMILES string of the molecule is CC(=O)OC1C2[C@](C)(C(=O)[C@H](O)C3=C(C)[C@@H](O)C[C@]1(O)C3(C)C)C(Cl)C[C@H]1OC[C@@]21O. The van der Waals surface area contributed by atoms with Crippen molar-refractivity contribution in [1.82, 2.24) is 0 Å². The molecule has 1 saturated heterocycles. The normalized spacial score (nSPS) is 51.1. The number of Topliss-reactive ketones (excluding diaryl/α,β-unsaturated/α-hetero) is 1. The quantitative estimate of drug-likeness (QED) is 0.253. The number of aliphatic hydroxyl groups is 4. The average molecular weight is 459 g/mol. The van der Waals surface area contributed by atoms with Gasteiger partial charge in [0.05, 0.1) is 24.2 Å². The highest BCUT2D eigenvalue weighted by atomic mass is 35.5. The van der Waals surface area contributed by atoms with Crippen molar-refractivity contribution in [2.75, 3.05) is 6.61 Å². The molecular formula is C22H31ClO8. The molecule has 3 unspecified atom stereocenters. The second-order valence-electron chi connectivity index (χ2n) is 10.4. The summed E-state index contributed by atoms with van der Waals surface area (Å²) < 4.78 is 11.2. The molecule has 1 heterocycles. The largest absolute Gasteiger partial charge is 0.459 e. The number of ketones is 1. The lowest BCUT2D eigenvalue weighted by Gasteiger charge is -2.66. The number of halogens is 1. The summed E-state index contributed by atoms with van der Waals surface area (Å²) in [6, 6.07) is 0. The minimum absolute atomic E-state index is 0.122. The summed E-state index contributed by atoms with van der Waals surface area (Å²) in [4.78, 5) is 26.0. The van der Waals surface area contributed by atoms with E-state index in [4.69, 9.17) is 21.1 Å². The van der Waals surface area contributed by atoms with E-state index in [2.05, 4.69) is 0 Å². The molecule has 0 aromatic heterocycles. The van der Waals surface area contributed by atoms with Crippen LogP contribution < -0.4 is 0 Å². The van der Waals surface area contributed by atoms with Crippen LogP contribution in [0.3, 0.4) is 0 Å². The molecule has 0 aromatic carbocycles. The maximum Gasteiger partial charge on any atom is 0.303 e. The summed E-state index contributed by atoms with van der Waals surface area (Å²) in [6.45, 7) is 7.52. The van der Waals surface area contributed by atoms with Gasteiger partial charge in [0.15, 0.2) is 5.78 Å². The predicted molar refractivity (Wildman–Crippen MR) is 109 cm³/mol. The Hall–Kier alpha value is -1.03. The van der Waals surface area contributed by atoms with Gasteiger partial charge in [-0.1, -0.05) is 20.8 Å². The summed E-state index contributed by atoms with van der Waals surface area (Å²) >= 11 is 6.70. The number of carbonyl (C=O) groups is 2. The highest BCUT2D eigenvalue weighted by Gasteiger charge is 2.75. The van der Waals surface area contributed by atoms with Crippen LogP contribution in [0.25, 0.3) is 0 Å². The second kappa shape index (κ2) is 6.74. The zero-order valence-electron chi connectivity index (χ0n) is 18.4. The maximum atomic E-state index is 13.8. The molecule has 3 aliphatic carbocycles. The molecule has 0 amide bonds. The van der Waals surface area contributed by atoms with Gasteiger partial charge in [-0.3, -0.25) is 9.59 Å². The van der Waals surface area contributed by atoms with E-state index in [-0.39, 0.29) is 25.0 Å². The van der Waals surface area contributed by atoms with Crippen LogP contribution in [-0.2, 0) is 19.1 Å². The fourth-order valence-electron chi connectivity index (χ4n) is 6.65. The van der Waals surface area contributed by atoms with Crippen molar-refractivity contribution in [1.29, 1.82) is 0 Å². The Morgan fingerprint density at radius 2 is 1.84 bits per heavy atom. The van der Waals surface area contributed by atoms with Crippen LogP contribution in [0.5, 0.6) is 0 Å². The fraction of sp³-hybridized carbons (Fsp3) is 0.818. The molecule has 0 aromatic rings. The molecule has 174 valence electrons. The molecule has 31 heavy (non-hydrogen) atoms. The number of carbonyl (C=O) groups excluding carboxylic acids is 2. The second-order valence-corrected chi connectivity index (χ2v) is 10.9. The molecular weight excluding hydrogens is 428 g/mol. The third-order valence-electron chi connectivity index (χ3n) is 8.63. The number of aliphatic hydroxyl groups excluding tert-OH is 2. The van der Waals surface area contributed by atoms with Gasteiger partial charge in [-0.2, -0.15) is 0 Å². The minimum atomic E-state index is -1.90. The highest BCUT2D eigenvalue weighted by molar-refractivity contribution is 6.23. The Morgan fingerprint density at radius 1 is 1.23 bits per heavy atom. The molecule has 4 rings (SSSR count). The zero-order chi connectivity index (χ0) is 23.3. The van der Waals surface area contributed by atoms with Crippen molar-refractivity contribution in [3.63, 3.8) is 0 Å². The smallest absolute Gasteiger partial charge is 0.303 e. The van der Waals surface area contributed by atoms with Crippen molar-refractivity contribution in [3.05, 3.63) is 11.1 Å². The third kappa shape index (κ3) is 2.66. The van der Waals surface area contributed by atoms with Crippen LogP contribution in [0, 0.1) is 16.7 Å². The monoisotopic (exact) mass is 458 g/mol. The van der Waals surface area contributed by atoms with Crippen molar-refractivity contribution in [3.8, 4) is 0 Å². The summed E-state index contributed by atoms with van der Waals surface area (Å²) in [5.74, 6) is -2.49. The summed E-state index contributed by atoms with van der Waals surface area (Å²) in [7, 11) is 0. The number of ether oxygens (including phenoxy) is 2. The third-order valence-corrected chi connectivity index (χ3v) is 9.27. The van der Waals surface area contributed by atoms with E-state index < -0.39 is 69.5 Å². The van der Waals surface area contributed by atoms with Crippen molar-refractivity contribution in [2.24, 2.45) is 16.7 Å². The summed E-state index contributed by atoms with van der Waals surface area (Å²) in [6.07, 6.45) is -4.93. The molecule has 8 nitrogen and oxygen atoms in total. The molecule has 9 atom stereocenters. The van der Waals surface area contributed by atoms with E-state index in [0.717, 1.165) is 0 Å². The number of esters is 1. The first-order chi connectivity index (χ1) is 14.1. The van der Waals surface area contributed by atoms with Gasteiger partial charge >= 0.3 is 5.97 Å². The average Bonchev–Trinajstić information content (AvgIpc) is 2.66. The first-order valence-corrected chi connectivity index (χ1v) is 11.1. The standard InChI is InChI=1S/C22H31ClO8/c1-9-11(25)7-22(29)18(31-10(2)24)16-20(5,12(23)6-13-21(16,28)8-30-13)17(27)15(26)14(9)19(22,3)4/h11-13,15-16,18,25-26,28-29H,6-8H2,1-5H3/t11-,12?,13+,15+,16?,18?,20+,21-,22+/m0/s1. The first kappa shape index (κ1) is 23.1. The van der Waals surface area contributed by atoms with Gasteiger partial charge in [0, 0.05) is 30.1 Å². The van der Waals surface area contributed by atoms with Crippen LogP contribution >= 0.6 is 11.6 Å². The molecule has 1 aliphatic heterocycles. The predicted octanol–water partition coefficient (Wildman–Crippen LogP) is 0.464. The zero-order valence-corrected chi connectivity index (χ0v) is 19.1. The Morgan fingerprint density at radius 3 is 2.35 bits per heavy atom. The van der Waals surface area contributed by atoms with Crippen molar-refractivity contribution >= 4 is 23.4 Å². The lowest BCUT2D eigenvalue weighted by Crippen LogP contribution is -2.80. The number of fused-ring (bicyclic) bond motifs is 5. The van der Waals surface area contributed by atoms with E-state index in [9.17, 15) is 30.0 Å². The Balaban J connectivity index is 2.06. The van der Waals surface area contributed by atoms with Crippen LogP contribution in [0.4, 0.5) is 0 Å². The fourth-order valence-corrected chi connectivity index (χ4v) is 7.05. The molecule has 4 aliphatic rings. The van der Waals surface area contributed by atoms with Gasteiger partial charge in [-0.25, -0.2) is 0 Å². The molecule has 3 fully saturated rings. The highest BCUT2D eigenvalue weighted by Crippen LogP contribution is 2.63. The number of hydrogen-bond donors (Lipinski definition) is 4. The van der Waals surface area contributed by atoms with Gasteiger partial charge in [0.2, 0.25) is 0 Å². The minimum Gasteiger partial charge on any atom is -0.459 e. The molecule has 0 spiro atoms. The van der Waals surface area contributed by atoms with Gasteiger partial charge in [0.1, 0.15) is 23.4 Å². The molecule has 9 heteroatoms.